The van der Waals surface area contributed by atoms with E-state index in [0.29, 0.717) is 10.6 Å². The number of carbonyl (C=O) groups is 1. The van der Waals surface area contributed by atoms with E-state index < -0.39 is 11.7 Å². The summed E-state index contributed by atoms with van der Waals surface area (Å²) in [5.41, 5.74) is 6.60. The maximum absolute atomic E-state index is 13.6. The Morgan fingerprint density at radius 2 is 1.95 bits per heavy atom. The second-order valence-corrected chi connectivity index (χ2v) is 6.30. The van der Waals surface area contributed by atoms with Crippen LogP contribution in [0.2, 0.25) is 0 Å². The van der Waals surface area contributed by atoms with Crippen LogP contribution >= 0.6 is 27.3 Å². The van der Waals surface area contributed by atoms with E-state index in [-0.39, 0.29) is 5.69 Å². The van der Waals surface area contributed by atoms with E-state index in [2.05, 4.69) is 21.2 Å². The number of carbonyl (C=O) groups excluding carboxylic acids is 1. The summed E-state index contributed by atoms with van der Waals surface area (Å²) in [5.74, 6) is -0.891. The van der Waals surface area contributed by atoms with Crippen molar-refractivity contribution in [2.75, 3.05) is 11.1 Å². The molecule has 3 nitrogen and oxygen atoms in total. The lowest BCUT2D eigenvalue weighted by molar-refractivity contribution is 0.103. The molecule has 6 heteroatoms. The minimum atomic E-state index is -0.480. The predicted octanol–water partition coefficient (Wildman–Crippen LogP) is 4.64. The van der Waals surface area contributed by atoms with E-state index in [1.807, 2.05) is 18.2 Å². The fraction of sp³-hybridized carbons (Fsp3) is 0. The monoisotopic (exact) mass is 364 g/mol. The van der Waals surface area contributed by atoms with Gasteiger partial charge in [-0.25, -0.2) is 4.39 Å². The molecule has 0 saturated carbocycles. The van der Waals surface area contributed by atoms with Gasteiger partial charge in [-0.3, -0.25) is 4.79 Å². The normalized spacial score (nSPS) is 10.8. The molecule has 21 heavy (non-hydrogen) atoms. The van der Waals surface area contributed by atoms with Gasteiger partial charge in [0, 0.05) is 14.6 Å². The Kier molecular flexibility index (Phi) is 3.65. The van der Waals surface area contributed by atoms with Crippen molar-refractivity contribution >= 4 is 54.6 Å². The third-order valence-electron chi connectivity index (χ3n) is 3.03. The van der Waals surface area contributed by atoms with Crippen LogP contribution in [-0.4, -0.2) is 5.91 Å². The van der Waals surface area contributed by atoms with Crippen molar-refractivity contribution in [3.63, 3.8) is 0 Å². The number of rotatable bonds is 2. The van der Waals surface area contributed by atoms with E-state index in [4.69, 9.17) is 5.73 Å². The summed E-state index contributed by atoms with van der Waals surface area (Å²) in [6, 6.07) is 11.7. The maximum Gasteiger partial charge on any atom is 0.267 e. The molecule has 1 heterocycles. The first kappa shape index (κ1) is 14.0. The summed E-state index contributed by atoms with van der Waals surface area (Å²) in [6.45, 7) is 0. The molecule has 3 N–H and O–H groups in total. The number of para-hydroxylation sites is 1. The van der Waals surface area contributed by atoms with Gasteiger partial charge in [-0.2, -0.15) is 0 Å². The highest BCUT2D eigenvalue weighted by Crippen LogP contribution is 2.38. The lowest BCUT2D eigenvalue weighted by atomic mass is 10.2. The van der Waals surface area contributed by atoms with Crippen LogP contribution in [0.3, 0.4) is 0 Å². The number of hydrogen-bond acceptors (Lipinski definition) is 3. The molecule has 0 bridgehead atoms. The SMILES string of the molecule is Nc1c(C(=O)Nc2ccccc2F)sc2cccc(Br)c12. The molecule has 1 aromatic heterocycles. The number of halogens is 2. The molecular formula is C15H10BrFN2OS. The molecule has 106 valence electrons. The van der Waals surface area contributed by atoms with Crippen LogP contribution in [0, 0.1) is 5.82 Å². The molecule has 0 aliphatic heterocycles. The standard InChI is InChI=1S/C15H10BrFN2OS/c16-8-4-3-7-11-12(8)13(18)14(21-11)15(20)19-10-6-2-1-5-9(10)17/h1-7H,18H2,(H,19,20). The first-order valence-corrected chi connectivity index (χ1v) is 7.71. The lowest BCUT2D eigenvalue weighted by Crippen LogP contribution is -2.12. The number of benzene rings is 2. The number of nitrogens with one attached hydrogen (secondary N) is 1. The summed E-state index contributed by atoms with van der Waals surface area (Å²) in [6.07, 6.45) is 0. The van der Waals surface area contributed by atoms with E-state index in [9.17, 15) is 9.18 Å². The second-order valence-electron chi connectivity index (χ2n) is 4.39. The molecule has 0 radical (unpaired) electrons. The first-order chi connectivity index (χ1) is 10.1. The van der Waals surface area contributed by atoms with Crippen molar-refractivity contribution in [1.29, 1.82) is 0 Å². The van der Waals surface area contributed by atoms with Gasteiger partial charge >= 0.3 is 0 Å². The fourth-order valence-corrected chi connectivity index (χ4v) is 3.79. The number of amides is 1. The zero-order chi connectivity index (χ0) is 15.0. The van der Waals surface area contributed by atoms with Crippen LogP contribution in [0.25, 0.3) is 10.1 Å². The molecule has 0 fully saturated rings. The fourth-order valence-electron chi connectivity index (χ4n) is 2.04. The average Bonchev–Trinajstić information content (AvgIpc) is 2.80. The molecule has 3 aromatic rings. The molecule has 0 atom stereocenters. The van der Waals surface area contributed by atoms with Gasteiger partial charge in [0.05, 0.1) is 11.4 Å². The number of nitrogens with two attached hydrogens (primary N) is 1. The zero-order valence-electron chi connectivity index (χ0n) is 10.7. The third kappa shape index (κ3) is 2.52. The number of thiophene rings is 1. The molecule has 0 spiro atoms. The summed E-state index contributed by atoms with van der Waals surface area (Å²) < 4.78 is 15.3. The molecule has 2 aromatic carbocycles. The smallest absolute Gasteiger partial charge is 0.267 e. The molecular weight excluding hydrogens is 355 g/mol. The van der Waals surface area contributed by atoms with Gasteiger partial charge in [-0.1, -0.05) is 34.1 Å². The molecule has 1 amide bonds. The van der Waals surface area contributed by atoms with E-state index in [0.717, 1.165) is 14.6 Å². The minimum absolute atomic E-state index is 0.137. The van der Waals surface area contributed by atoms with Crippen molar-refractivity contribution < 1.29 is 9.18 Å². The summed E-state index contributed by atoms with van der Waals surface area (Å²) >= 11 is 4.71. The Balaban J connectivity index is 2.01. The van der Waals surface area contributed by atoms with E-state index in [1.54, 1.807) is 12.1 Å². The molecule has 0 aliphatic carbocycles. The third-order valence-corrected chi connectivity index (χ3v) is 4.86. The Labute approximate surface area is 132 Å². The lowest BCUT2D eigenvalue weighted by Gasteiger charge is -2.05. The molecule has 0 aliphatic rings. The van der Waals surface area contributed by atoms with Gasteiger partial charge in [0.15, 0.2) is 0 Å². The second kappa shape index (κ2) is 5.46. The van der Waals surface area contributed by atoms with E-state index >= 15 is 0 Å². The predicted molar refractivity (Wildman–Crippen MR) is 88.3 cm³/mol. The van der Waals surface area contributed by atoms with Gasteiger partial charge in [-0.15, -0.1) is 11.3 Å². The first-order valence-electron chi connectivity index (χ1n) is 6.10. The summed E-state index contributed by atoms with van der Waals surface area (Å²) in [5, 5.41) is 3.36. The summed E-state index contributed by atoms with van der Waals surface area (Å²) in [7, 11) is 0. The highest BCUT2D eigenvalue weighted by atomic mass is 79.9. The van der Waals surface area contributed by atoms with Crippen LogP contribution in [0.15, 0.2) is 46.9 Å². The van der Waals surface area contributed by atoms with Gasteiger partial charge in [0.2, 0.25) is 0 Å². The minimum Gasteiger partial charge on any atom is -0.397 e. The van der Waals surface area contributed by atoms with Crippen LogP contribution < -0.4 is 11.1 Å². The van der Waals surface area contributed by atoms with Crippen molar-refractivity contribution in [2.24, 2.45) is 0 Å². The maximum atomic E-state index is 13.6. The van der Waals surface area contributed by atoms with Crippen molar-refractivity contribution in [3.05, 3.63) is 57.6 Å². The Bertz CT molecular complexity index is 847. The Morgan fingerprint density at radius 3 is 2.67 bits per heavy atom. The number of hydrogen-bond donors (Lipinski definition) is 2. The molecule has 0 saturated heterocycles. The van der Waals surface area contributed by atoms with Gasteiger partial charge in [-0.05, 0) is 24.3 Å². The quantitative estimate of drug-likeness (QED) is 0.695. The molecule has 3 rings (SSSR count). The highest BCUT2D eigenvalue weighted by molar-refractivity contribution is 9.10. The zero-order valence-corrected chi connectivity index (χ0v) is 13.1. The van der Waals surface area contributed by atoms with Gasteiger partial charge < -0.3 is 11.1 Å². The largest absolute Gasteiger partial charge is 0.397 e. The van der Waals surface area contributed by atoms with Gasteiger partial charge in [0.25, 0.3) is 5.91 Å². The summed E-state index contributed by atoms with van der Waals surface area (Å²) in [4.78, 5) is 12.7. The van der Waals surface area contributed by atoms with Crippen molar-refractivity contribution in [1.82, 2.24) is 0 Å². The van der Waals surface area contributed by atoms with Crippen LogP contribution in [-0.2, 0) is 0 Å². The highest BCUT2D eigenvalue weighted by Gasteiger charge is 2.18. The average molecular weight is 365 g/mol. The Morgan fingerprint density at radius 1 is 1.19 bits per heavy atom. The van der Waals surface area contributed by atoms with Crippen molar-refractivity contribution in [3.8, 4) is 0 Å². The Hall–Kier alpha value is -1.92. The number of nitrogen functional groups attached to an aromatic ring is 1. The number of fused-ring (bicyclic) bond motifs is 1. The van der Waals surface area contributed by atoms with Crippen molar-refractivity contribution in [2.45, 2.75) is 0 Å². The topological polar surface area (TPSA) is 55.1 Å². The van der Waals surface area contributed by atoms with E-state index in [1.165, 1.54) is 23.5 Å². The van der Waals surface area contributed by atoms with Crippen LogP contribution in [0.5, 0.6) is 0 Å². The van der Waals surface area contributed by atoms with Crippen LogP contribution in [0.4, 0.5) is 15.8 Å². The number of anilines is 2. The molecule has 0 unspecified atom stereocenters. The van der Waals surface area contributed by atoms with Crippen LogP contribution in [0.1, 0.15) is 9.67 Å². The van der Waals surface area contributed by atoms with Gasteiger partial charge in [0.1, 0.15) is 10.7 Å².